The Morgan fingerprint density at radius 1 is 1.07 bits per heavy atom. The lowest BCUT2D eigenvalue weighted by atomic mass is 9.91. The summed E-state index contributed by atoms with van der Waals surface area (Å²) in [7, 11) is 0. The zero-order valence-electron chi connectivity index (χ0n) is 15.9. The fraction of sp³-hybridized carbons (Fsp3) is 0.364. The molecule has 0 unspecified atom stereocenters. The number of nitrogens with zero attached hydrogens (tertiary/aromatic N) is 1. The maximum atomic E-state index is 13.6. The molecule has 2 aromatic carbocycles. The van der Waals surface area contributed by atoms with E-state index in [9.17, 15) is 18.4 Å². The molecule has 6 heteroatoms. The van der Waals surface area contributed by atoms with Crippen LogP contribution in [0.4, 0.5) is 14.5 Å². The minimum absolute atomic E-state index is 0.00934. The maximum absolute atomic E-state index is 13.6. The van der Waals surface area contributed by atoms with Crippen molar-refractivity contribution in [3.63, 3.8) is 0 Å². The van der Waals surface area contributed by atoms with E-state index in [-0.39, 0.29) is 23.9 Å². The van der Waals surface area contributed by atoms with Crippen molar-refractivity contribution < 1.29 is 18.4 Å². The van der Waals surface area contributed by atoms with Crippen LogP contribution in [0.15, 0.2) is 42.5 Å². The molecule has 0 spiro atoms. The lowest BCUT2D eigenvalue weighted by Gasteiger charge is -2.32. The topological polar surface area (TPSA) is 49.4 Å². The molecule has 148 valence electrons. The van der Waals surface area contributed by atoms with Gasteiger partial charge in [0.1, 0.15) is 11.6 Å². The van der Waals surface area contributed by atoms with Crippen LogP contribution in [-0.4, -0.2) is 29.8 Å². The molecule has 0 saturated carbocycles. The molecule has 0 atom stereocenters. The van der Waals surface area contributed by atoms with Gasteiger partial charge in [-0.05, 0) is 56.4 Å². The van der Waals surface area contributed by atoms with E-state index in [4.69, 9.17) is 0 Å². The third-order valence-electron chi connectivity index (χ3n) is 5.19. The Labute approximate surface area is 163 Å². The summed E-state index contributed by atoms with van der Waals surface area (Å²) in [4.78, 5) is 26.4. The Morgan fingerprint density at radius 3 is 2.39 bits per heavy atom. The summed E-state index contributed by atoms with van der Waals surface area (Å²) >= 11 is 0. The van der Waals surface area contributed by atoms with Crippen LogP contribution in [0.3, 0.4) is 0 Å². The van der Waals surface area contributed by atoms with Gasteiger partial charge in [0.25, 0.3) is 5.91 Å². The molecule has 0 radical (unpaired) electrons. The molecule has 1 aliphatic rings. The number of likely N-dealkylation sites (tertiary alicyclic amines) is 1. The van der Waals surface area contributed by atoms with Crippen LogP contribution in [0.5, 0.6) is 0 Å². The Balaban J connectivity index is 1.43. The largest absolute Gasteiger partial charge is 0.339 e. The number of hydrogen-bond acceptors (Lipinski definition) is 2. The molecule has 28 heavy (non-hydrogen) atoms. The highest BCUT2D eigenvalue weighted by atomic mass is 19.1. The first-order valence-electron chi connectivity index (χ1n) is 9.53. The number of piperidine rings is 1. The van der Waals surface area contributed by atoms with Gasteiger partial charge in [0.2, 0.25) is 5.91 Å². The molecule has 4 nitrogen and oxygen atoms in total. The summed E-state index contributed by atoms with van der Waals surface area (Å²) in [5, 5.41) is 2.48. The summed E-state index contributed by atoms with van der Waals surface area (Å²) < 4.78 is 26.5. The molecule has 1 saturated heterocycles. The molecule has 1 fully saturated rings. The van der Waals surface area contributed by atoms with Crippen molar-refractivity contribution in [3.8, 4) is 0 Å². The lowest BCUT2D eigenvalue weighted by molar-refractivity contribution is -0.116. The van der Waals surface area contributed by atoms with Gasteiger partial charge in [-0.3, -0.25) is 9.59 Å². The van der Waals surface area contributed by atoms with Crippen molar-refractivity contribution in [2.45, 2.75) is 32.6 Å². The summed E-state index contributed by atoms with van der Waals surface area (Å²) in [6.07, 6.45) is 2.64. The second-order valence-electron chi connectivity index (χ2n) is 7.31. The first-order chi connectivity index (χ1) is 13.4. The molecule has 1 N–H and O–H groups in total. The van der Waals surface area contributed by atoms with Gasteiger partial charge in [-0.1, -0.05) is 17.7 Å². The Morgan fingerprint density at radius 2 is 1.75 bits per heavy atom. The standard InChI is InChI=1S/C22H24F2N2O2/c1-15-2-5-17(6-3-15)22(28)26-12-10-16(11-13-26)4-9-21(27)25-20-8-7-18(23)14-19(20)24/h2-3,5-8,14,16H,4,9-13H2,1H3,(H,25,27). The van der Waals surface area contributed by atoms with Gasteiger partial charge in [0, 0.05) is 31.1 Å². The highest BCUT2D eigenvalue weighted by Gasteiger charge is 2.24. The van der Waals surface area contributed by atoms with Crippen molar-refractivity contribution in [2.24, 2.45) is 5.92 Å². The molecule has 0 aliphatic carbocycles. The Hall–Kier alpha value is -2.76. The number of carbonyl (C=O) groups is 2. The number of halogens is 2. The minimum Gasteiger partial charge on any atom is -0.339 e. The highest BCUT2D eigenvalue weighted by molar-refractivity contribution is 5.94. The minimum atomic E-state index is -0.781. The second kappa shape index (κ2) is 8.95. The normalized spacial score (nSPS) is 14.8. The van der Waals surface area contributed by atoms with Crippen LogP contribution in [0.2, 0.25) is 0 Å². The molecular weight excluding hydrogens is 362 g/mol. The van der Waals surface area contributed by atoms with Gasteiger partial charge in [-0.25, -0.2) is 8.78 Å². The van der Waals surface area contributed by atoms with Crippen LogP contribution in [0.1, 0.15) is 41.6 Å². The van der Waals surface area contributed by atoms with Gasteiger partial charge >= 0.3 is 0 Å². The molecule has 2 amide bonds. The summed E-state index contributed by atoms with van der Waals surface area (Å²) in [5.74, 6) is -1.35. The summed E-state index contributed by atoms with van der Waals surface area (Å²) in [5.41, 5.74) is 1.81. The maximum Gasteiger partial charge on any atom is 0.253 e. The first kappa shape index (κ1) is 20.0. The number of carbonyl (C=O) groups excluding carboxylic acids is 2. The van der Waals surface area contributed by atoms with Gasteiger partial charge in [0.05, 0.1) is 5.69 Å². The lowest BCUT2D eigenvalue weighted by Crippen LogP contribution is -2.38. The van der Waals surface area contributed by atoms with Gasteiger partial charge in [-0.15, -0.1) is 0 Å². The van der Waals surface area contributed by atoms with E-state index in [0.717, 1.165) is 30.5 Å². The van der Waals surface area contributed by atoms with E-state index in [1.54, 1.807) is 0 Å². The monoisotopic (exact) mass is 386 g/mol. The number of amides is 2. The number of benzene rings is 2. The van der Waals surface area contributed by atoms with E-state index < -0.39 is 11.6 Å². The zero-order valence-corrected chi connectivity index (χ0v) is 15.9. The third kappa shape index (κ3) is 5.15. The van der Waals surface area contributed by atoms with E-state index in [1.807, 2.05) is 36.1 Å². The molecule has 3 rings (SSSR count). The van der Waals surface area contributed by atoms with E-state index in [2.05, 4.69) is 5.32 Å². The Kier molecular flexibility index (Phi) is 6.39. The Bertz CT molecular complexity index is 844. The van der Waals surface area contributed by atoms with Crippen molar-refractivity contribution in [3.05, 3.63) is 65.2 Å². The molecular formula is C22H24F2N2O2. The molecule has 0 aromatic heterocycles. The summed E-state index contributed by atoms with van der Waals surface area (Å²) in [6.45, 7) is 3.33. The SMILES string of the molecule is Cc1ccc(C(=O)N2CCC(CCC(=O)Nc3ccc(F)cc3F)CC2)cc1. The number of hydrogen-bond donors (Lipinski definition) is 1. The van der Waals surface area contributed by atoms with Crippen molar-refractivity contribution >= 4 is 17.5 Å². The van der Waals surface area contributed by atoms with Gasteiger partial charge in [0.15, 0.2) is 0 Å². The fourth-order valence-electron chi connectivity index (χ4n) is 3.44. The molecule has 1 heterocycles. The van der Waals surface area contributed by atoms with E-state index in [1.165, 1.54) is 6.07 Å². The second-order valence-corrected chi connectivity index (χ2v) is 7.31. The van der Waals surface area contributed by atoms with Crippen LogP contribution in [-0.2, 0) is 4.79 Å². The molecule has 0 bridgehead atoms. The number of nitrogens with one attached hydrogen (secondary N) is 1. The van der Waals surface area contributed by atoms with Crippen LogP contribution >= 0.6 is 0 Å². The van der Waals surface area contributed by atoms with Gasteiger partial charge in [-0.2, -0.15) is 0 Å². The van der Waals surface area contributed by atoms with Crippen LogP contribution < -0.4 is 5.32 Å². The average Bonchev–Trinajstić information content (AvgIpc) is 2.69. The fourth-order valence-corrected chi connectivity index (χ4v) is 3.44. The average molecular weight is 386 g/mol. The summed E-state index contributed by atoms with van der Waals surface area (Å²) in [6, 6.07) is 10.6. The first-order valence-corrected chi connectivity index (χ1v) is 9.53. The number of rotatable bonds is 5. The predicted molar refractivity (Wildman–Crippen MR) is 104 cm³/mol. The molecule has 2 aromatic rings. The number of aryl methyl sites for hydroxylation is 1. The zero-order chi connectivity index (χ0) is 20.1. The van der Waals surface area contributed by atoms with Crippen LogP contribution in [0, 0.1) is 24.5 Å². The highest BCUT2D eigenvalue weighted by Crippen LogP contribution is 2.24. The van der Waals surface area contributed by atoms with Gasteiger partial charge < -0.3 is 10.2 Å². The predicted octanol–water partition coefficient (Wildman–Crippen LogP) is 4.54. The third-order valence-corrected chi connectivity index (χ3v) is 5.19. The molecule has 1 aliphatic heterocycles. The van der Waals surface area contributed by atoms with Crippen molar-refractivity contribution in [2.75, 3.05) is 18.4 Å². The van der Waals surface area contributed by atoms with Crippen LogP contribution in [0.25, 0.3) is 0 Å². The quantitative estimate of drug-likeness (QED) is 0.820. The van der Waals surface area contributed by atoms with Crippen molar-refractivity contribution in [1.29, 1.82) is 0 Å². The smallest absolute Gasteiger partial charge is 0.253 e. The van der Waals surface area contributed by atoms with Crippen molar-refractivity contribution in [1.82, 2.24) is 4.90 Å². The number of anilines is 1. The van der Waals surface area contributed by atoms with E-state index >= 15 is 0 Å². The van der Waals surface area contributed by atoms with E-state index in [0.29, 0.717) is 31.0 Å².